The number of allylic oxidation sites excluding steroid dienone is 4. The maximum atomic E-state index is 2.30. The van der Waals surface area contributed by atoms with Crippen LogP contribution in [-0.4, -0.2) is 0 Å². The van der Waals surface area contributed by atoms with E-state index in [2.05, 4.69) is 85.5 Å². The Morgan fingerprint density at radius 2 is 2.00 bits per heavy atom. The average Bonchev–Trinajstić information content (AvgIpc) is 1.63. The molecule has 0 spiro atoms. The predicted molar refractivity (Wildman–Crippen MR) is 39.1 cm³/mol. The Morgan fingerprint density at radius 1 is 1.44 bits per heavy atom. The molecular weight excluding hydrogens is 227 g/mol. The number of rotatable bonds is 2. The molecule has 9 heavy (non-hydrogen) atoms. The van der Waals surface area contributed by atoms with E-state index in [4.69, 9.17) is 0 Å². The monoisotopic (exact) mass is 242 g/mol. The normalized spacial score (nSPS) is 13.8. The van der Waals surface area contributed by atoms with E-state index in [1.807, 2.05) is 0 Å². The van der Waals surface area contributed by atoms with Crippen LogP contribution in [0.25, 0.3) is 0 Å². The van der Waals surface area contributed by atoms with Gasteiger partial charge in [-0.05, 0) is 0 Å². The molecule has 0 atom stereocenters. The first-order valence-electron chi connectivity index (χ1n) is 3.13. The average molecular weight is 241 g/mol. The fourth-order valence-electron chi connectivity index (χ4n) is 0.410. The molecule has 0 aliphatic rings. The summed E-state index contributed by atoms with van der Waals surface area (Å²) in [6.07, 6.45) is 6.40. The van der Waals surface area contributed by atoms with Gasteiger partial charge in [0.1, 0.15) is 0 Å². The molecule has 0 amide bonds. The van der Waals surface area contributed by atoms with Crippen LogP contribution in [0.1, 0.15) is 20.8 Å². The Labute approximate surface area is 90.1 Å². The predicted octanol–water partition coefficient (Wildman–Crippen LogP) is 2.38. The second-order valence-corrected chi connectivity index (χ2v) is 4.08. The molecule has 0 aromatic rings. The van der Waals surface area contributed by atoms with Gasteiger partial charge in [-0.15, -0.1) is 0 Å². The molecule has 0 heterocycles. The summed E-state index contributed by atoms with van der Waals surface area (Å²) in [6.45, 7) is 6.44. The van der Waals surface area contributed by atoms with Crippen molar-refractivity contribution in [3.63, 3.8) is 0 Å². The molecule has 1 heteroatoms. The van der Waals surface area contributed by atoms with Gasteiger partial charge in [-0.1, -0.05) is 0 Å². The molecule has 0 aliphatic heterocycles. The van der Waals surface area contributed by atoms with Crippen LogP contribution in [0.15, 0.2) is 18.3 Å². The van der Waals surface area contributed by atoms with E-state index >= 15 is 0 Å². The van der Waals surface area contributed by atoms with Gasteiger partial charge in [0, 0.05) is 0 Å². The summed E-state index contributed by atoms with van der Waals surface area (Å²) >= 11 is 2.30. The molecule has 0 saturated heterocycles. The Bertz CT molecular complexity index is 117. The third-order valence-electron chi connectivity index (χ3n) is 0.822. The zero-order valence-electron chi connectivity index (χ0n) is 6.19. The van der Waals surface area contributed by atoms with Gasteiger partial charge in [0.05, 0.1) is 0 Å². The Hall–Kier alpha value is 1.05. The molecule has 0 fully saturated rings. The quantitative estimate of drug-likeness (QED) is 0.651. The molecule has 0 aromatic heterocycles. The van der Waals surface area contributed by atoms with Crippen LogP contribution in [0.3, 0.4) is 0 Å². The van der Waals surface area contributed by atoms with E-state index in [1.165, 1.54) is 0.0410 Å². The van der Waals surface area contributed by atoms with Crippen molar-refractivity contribution in [2.24, 2.45) is 5.92 Å². The van der Waals surface area contributed by atoms with Gasteiger partial charge >= 0.3 is 91.5 Å². The molecule has 0 aromatic carbocycles. The van der Waals surface area contributed by atoms with Gasteiger partial charge in [0.2, 0.25) is 0 Å². The molecule has 0 saturated carbocycles. The molecular formula is C8H14Xe. The van der Waals surface area contributed by atoms with E-state index in [-0.39, 0.29) is 0 Å². The minimum atomic E-state index is 0.664. The summed E-state index contributed by atoms with van der Waals surface area (Å²) in [6, 6.07) is 0. The first-order chi connectivity index (χ1) is 4.13. The van der Waals surface area contributed by atoms with Crippen molar-refractivity contribution in [1.82, 2.24) is 0 Å². The number of hydrogen-bond donors (Lipinski definition) is 0. The summed E-state index contributed by atoms with van der Waals surface area (Å²) in [7, 11) is 0. The van der Waals surface area contributed by atoms with Crippen LogP contribution in [0, 0.1) is 52.5 Å². The molecule has 0 N–H and O–H groups in total. The fourth-order valence-corrected chi connectivity index (χ4v) is 0.618. The molecule has 0 bridgehead atoms. The third kappa shape index (κ3) is 9.05. The Kier molecular flexibility index (Phi) is 6.49. The van der Waals surface area contributed by atoms with Crippen molar-refractivity contribution >= 4 is 0 Å². The van der Waals surface area contributed by atoms with Gasteiger partial charge in [-0.2, -0.15) is 0 Å². The van der Waals surface area contributed by atoms with Crippen LogP contribution in [-0.2, 0) is 0 Å². The molecule has 0 rings (SSSR count). The number of hydrogen-bond acceptors (Lipinski definition) is 0. The summed E-state index contributed by atoms with van der Waals surface area (Å²) in [5.41, 5.74) is 0. The molecule has 0 radical (unpaired) electrons. The fraction of sp³-hybridized carbons (Fsp3) is 0.500. The molecule has 0 unspecified atom stereocenters. The Balaban J connectivity index is 3.60. The van der Waals surface area contributed by atoms with Crippen molar-refractivity contribution in [1.29, 1.82) is 0 Å². The van der Waals surface area contributed by atoms with Crippen LogP contribution >= 0.6 is 0 Å². The first-order valence-corrected chi connectivity index (χ1v) is 4.21. The van der Waals surface area contributed by atoms with Crippen molar-refractivity contribution in [3.8, 4) is 0 Å². The van der Waals surface area contributed by atoms with E-state index in [0.717, 1.165) is 0 Å². The zero-order chi connectivity index (χ0) is 7.28. The topological polar surface area (TPSA) is 0 Å². The Morgan fingerprint density at radius 3 is 2.33 bits per heavy atom. The zero-order valence-corrected chi connectivity index (χ0v) is 8.34. The molecule has 0 aliphatic carbocycles. The summed E-state index contributed by atoms with van der Waals surface area (Å²) in [5.74, 6) is 0.664. The van der Waals surface area contributed by atoms with E-state index in [9.17, 15) is 0 Å². The minimum absolute atomic E-state index is 0.664. The van der Waals surface area contributed by atoms with Gasteiger partial charge < -0.3 is 0 Å². The van der Waals surface area contributed by atoms with E-state index in [1.54, 1.807) is 0 Å². The van der Waals surface area contributed by atoms with E-state index in [0.29, 0.717) is 5.92 Å². The molecule has 0 nitrogen and oxygen atoms in total. The second kappa shape index (κ2) is 5.81. The van der Waals surface area contributed by atoms with Gasteiger partial charge in [-0.25, -0.2) is 0 Å². The first kappa shape index (κ1) is 10.1. The maximum absolute atomic E-state index is 2.30. The molecule has 54 valence electrons. The van der Waals surface area contributed by atoms with Crippen LogP contribution < -0.4 is 0 Å². The van der Waals surface area contributed by atoms with Crippen LogP contribution in [0.2, 0.25) is 0 Å². The van der Waals surface area contributed by atoms with Crippen molar-refractivity contribution in [3.05, 3.63) is 18.3 Å². The van der Waals surface area contributed by atoms with Crippen molar-refractivity contribution in [2.45, 2.75) is 20.8 Å². The summed E-state index contributed by atoms with van der Waals surface area (Å²) in [5, 5.41) is 0. The SMILES string of the molecule is CC([XeH])=CC=CC(C)C. The standard InChI is InChI=1S/C8H14Xe/c1-7(2)5-4-6-8(3)9/h4-7,9H,1-3H3. The summed E-state index contributed by atoms with van der Waals surface area (Å²) < 4.78 is 1.32. The third-order valence-corrected chi connectivity index (χ3v) is 1.18. The van der Waals surface area contributed by atoms with Crippen molar-refractivity contribution < 1.29 is 46.5 Å². The van der Waals surface area contributed by atoms with Crippen LogP contribution in [0.5, 0.6) is 0 Å². The van der Waals surface area contributed by atoms with Gasteiger partial charge in [0.15, 0.2) is 0 Å². The van der Waals surface area contributed by atoms with Gasteiger partial charge in [-0.3, -0.25) is 0 Å². The van der Waals surface area contributed by atoms with Crippen LogP contribution in [0.4, 0.5) is 0 Å². The van der Waals surface area contributed by atoms with Gasteiger partial charge in [0.25, 0.3) is 0 Å². The van der Waals surface area contributed by atoms with Crippen molar-refractivity contribution in [2.75, 3.05) is 0 Å². The van der Waals surface area contributed by atoms with E-state index < -0.39 is 0 Å². The second-order valence-electron chi connectivity index (χ2n) is 2.38. The summed E-state index contributed by atoms with van der Waals surface area (Å²) in [4.78, 5) is 0.